The molecular weight excluding hydrogens is 420 g/mol. The van der Waals surface area contributed by atoms with E-state index < -0.39 is 12.1 Å². The van der Waals surface area contributed by atoms with Gasteiger partial charge in [-0.2, -0.15) is 0 Å². The first-order chi connectivity index (χ1) is 15.9. The molecule has 1 saturated heterocycles. The highest BCUT2D eigenvalue weighted by atomic mass is 16.5. The van der Waals surface area contributed by atoms with E-state index >= 15 is 0 Å². The van der Waals surface area contributed by atoms with Crippen molar-refractivity contribution in [2.75, 3.05) is 13.2 Å². The van der Waals surface area contributed by atoms with Crippen LogP contribution in [0.3, 0.4) is 0 Å². The molecule has 2 N–H and O–H groups in total. The van der Waals surface area contributed by atoms with Crippen LogP contribution in [0.1, 0.15) is 56.1 Å². The summed E-state index contributed by atoms with van der Waals surface area (Å²) in [7, 11) is 0. The third-order valence-electron chi connectivity index (χ3n) is 6.61. The van der Waals surface area contributed by atoms with E-state index in [1.165, 1.54) is 11.1 Å². The minimum absolute atomic E-state index is 0.00127. The molecule has 4 rings (SSSR count). The fourth-order valence-corrected chi connectivity index (χ4v) is 4.97. The van der Waals surface area contributed by atoms with Gasteiger partial charge in [0.15, 0.2) is 0 Å². The normalized spacial score (nSPS) is 17.8. The maximum atomic E-state index is 12.5. The molecule has 1 fully saturated rings. The topological polar surface area (TPSA) is 95.9 Å². The maximum Gasteiger partial charge on any atom is 0.407 e. The summed E-state index contributed by atoms with van der Waals surface area (Å²) in [6.45, 7) is 2.69. The minimum atomic E-state index is -0.884. The highest BCUT2D eigenvalue weighted by Gasteiger charge is 2.31. The summed E-state index contributed by atoms with van der Waals surface area (Å²) in [4.78, 5) is 37.6. The van der Waals surface area contributed by atoms with Crippen LogP contribution in [0.25, 0.3) is 11.1 Å². The van der Waals surface area contributed by atoms with Gasteiger partial charge in [0.05, 0.1) is 6.42 Å². The van der Waals surface area contributed by atoms with Gasteiger partial charge in [-0.3, -0.25) is 9.59 Å². The number of hydrogen-bond acceptors (Lipinski definition) is 4. The van der Waals surface area contributed by atoms with Crippen molar-refractivity contribution in [2.45, 2.75) is 57.0 Å². The van der Waals surface area contributed by atoms with Crippen LogP contribution in [0.2, 0.25) is 0 Å². The second-order valence-electron chi connectivity index (χ2n) is 8.89. The predicted molar refractivity (Wildman–Crippen MR) is 124 cm³/mol. The first-order valence-corrected chi connectivity index (χ1v) is 11.6. The molecule has 33 heavy (non-hydrogen) atoms. The number of hydrogen-bond donors (Lipinski definition) is 2. The van der Waals surface area contributed by atoms with E-state index in [1.54, 1.807) is 4.90 Å². The molecule has 0 spiro atoms. The number of amides is 2. The number of carbonyl (C=O) groups excluding carboxylic acids is 2. The molecule has 1 unspecified atom stereocenters. The number of aliphatic carboxylic acids is 1. The number of rotatable bonds is 8. The summed E-state index contributed by atoms with van der Waals surface area (Å²) in [5.41, 5.74) is 4.67. The number of nitrogens with one attached hydrogen (secondary N) is 1. The Balaban J connectivity index is 1.26. The van der Waals surface area contributed by atoms with Crippen molar-refractivity contribution in [3.63, 3.8) is 0 Å². The lowest BCUT2D eigenvalue weighted by Gasteiger charge is -2.24. The molecule has 1 aliphatic heterocycles. The average molecular weight is 451 g/mol. The Kier molecular flexibility index (Phi) is 6.96. The molecule has 2 atom stereocenters. The summed E-state index contributed by atoms with van der Waals surface area (Å²) in [5, 5.41) is 11.8. The van der Waals surface area contributed by atoms with E-state index in [1.807, 2.05) is 31.2 Å². The molecule has 2 amide bonds. The molecule has 0 saturated carbocycles. The van der Waals surface area contributed by atoms with Crippen molar-refractivity contribution in [1.82, 2.24) is 10.2 Å². The van der Waals surface area contributed by atoms with Crippen molar-refractivity contribution in [2.24, 2.45) is 0 Å². The van der Waals surface area contributed by atoms with Crippen LogP contribution in [-0.4, -0.2) is 53.2 Å². The summed E-state index contributed by atoms with van der Waals surface area (Å²) < 4.78 is 5.57. The Labute approximate surface area is 193 Å². The number of ether oxygens (including phenoxy) is 1. The third-order valence-corrected chi connectivity index (χ3v) is 6.61. The van der Waals surface area contributed by atoms with E-state index in [-0.39, 0.29) is 43.4 Å². The summed E-state index contributed by atoms with van der Waals surface area (Å²) >= 11 is 0. The average Bonchev–Trinajstić information content (AvgIpc) is 3.38. The van der Waals surface area contributed by atoms with E-state index in [0.717, 1.165) is 24.0 Å². The predicted octanol–water partition coefficient (Wildman–Crippen LogP) is 4.16. The number of likely N-dealkylation sites (tertiary alicyclic amines) is 1. The molecule has 2 aliphatic rings. The van der Waals surface area contributed by atoms with Gasteiger partial charge in [-0.05, 0) is 48.4 Å². The van der Waals surface area contributed by atoms with Gasteiger partial charge in [0.2, 0.25) is 5.91 Å². The Hall–Kier alpha value is -3.35. The summed E-state index contributed by atoms with van der Waals surface area (Å²) in [6.07, 6.45) is 1.78. The molecule has 0 aromatic heterocycles. The molecule has 2 aromatic carbocycles. The lowest BCUT2D eigenvalue weighted by atomic mass is 9.98. The van der Waals surface area contributed by atoms with Gasteiger partial charge in [-0.25, -0.2) is 4.79 Å². The Bertz CT molecular complexity index is 991. The van der Waals surface area contributed by atoms with E-state index in [4.69, 9.17) is 9.84 Å². The highest BCUT2D eigenvalue weighted by molar-refractivity contribution is 5.79. The monoisotopic (exact) mass is 450 g/mol. The van der Waals surface area contributed by atoms with Gasteiger partial charge < -0.3 is 20.1 Å². The Morgan fingerprint density at radius 3 is 2.36 bits per heavy atom. The zero-order valence-electron chi connectivity index (χ0n) is 18.8. The molecule has 174 valence electrons. The number of carboxylic acids is 1. The molecule has 1 aliphatic carbocycles. The lowest BCUT2D eigenvalue weighted by Crippen LogP contribution is -2.38. The van der Waals surface area contributed by atoms with Crippen molar-refractivity contribution in [3.05, 3.63) is 59.7 Å². The van der Waals surface area contributed by atoms with Gasteiger partial charge in [0, 0.05) is 31.0 Å². The largest absolute Gasteiger partial charge is 0.481 e. The Morgan fingerprint density at radius 1 is 1.09 bits per heavy atom. The molecule has 7 nitrogen and oxygen atoms in total. The smallest absolute Gasteiger partial charge is 0.407 e. The van der Waals surface area contributed by atoms with Crippen molar-refractivity contribution in [3.8, 4) is 11.1 Å². The fourth-order valence-electron chi connectivity index (χ4n) is 4.97. The Morgan fingerprint density at radius 2 is 1.73 bits per heavy atom. The second-order valence-corrected chi connectivity index (χ2v) is 8.89. The quantitative estimate of drug-likeness (QED) is 0.630. The van der Waals surface area contributed by atoms with Gasteiger partial charge in [0.1, 0.15) is 6.61 Å². The molecule has 0 bridgehead atoms. The molecule has 7 heteroatoms. The molecular formula is C26H30N2O5. The maximum absolute atomic E-state index is 12.5. The molecule has 1 heterocycles. The number of benzene rings is 2. The van der Waals surface area contributed by atoms with Crippen LogP contribution in [0.4, 0.5) is 4.79 Å². The van der Waals surface area contributed by atoms with Crippen LogP contribution in [0.5, 0.6) is 0 Å². The standard InChI is InChI=1S/C26H30N2O5/c1-17(12-13-24(29)28-14-6-7-18(28)15-25(30)31)27-26(32)33-16-23-21-10-4-2-8-19(21)20-9-3-5-11-22(20)23/h2-5,8-11,17-18,23H,6-7,12-16H2,1H3,(H,27,32)(H,30,31)/t17?,18-/m1/s1. The first-order valence-electron chi connectivity index (χ1n) is 11.6. The van der Waals surface area contributed by atoms with Gasteiger partial charge >= 0.3 is 12.1 Å². The second kappa shape index (κ2) is 10.1. The van der Waals surface area contributed by atoms with Crippen LogP contribution >= 0.6 is 0 Å². The third kappa shape index (κ3) is 5.18. The number of alkyl carbamates (subject to hydrolysis) is 1. The van der Waals surface area contributed by atoms with Crippen LogP contribution in [-0.2, 0) is 14.3 Å². The number of nitrogens with zero attached hydrogens (tertiary/aromatic N) is 1. The summed E-state index contributed by atoms with van der Waals surface area (Å²) in [5.74, 6) is -0.939. The number of carboxylic acid groups (broad SMARTS) is 1. The van der Waals surface area contributed by atoms with Crippen LogP contribution in [0.15, 0.2) is 48.5 Å². The summed E-state index contributed by atoms with van der Waals surface area (Å²) in [6, 6.07) is 15.9. The zero-order chi connectivity index (χ0) is 23.4. The van der Waals surface area contributed by atoms with Gasteiger partial charge in [-0.1, -0.05) is 48.5 Å². The fraction of sp³-hybridized carbons (Fsp3) is 0.423. The van der Waals surface area contributed by atoms with Crippen LogP contribution < -0.4 is 5.32 Å². The van der Waals surface area contributed by atoms with E-state index in [9.17, 15) is 14.4 Å². The van der Waals surface area contributed by atoms with Crippen LogP contribution in [0, 0.1) is 0 Å². The number of fused-ring (bicyclic) bond motifs is 3. The molecule has 0 radical (unpaired) electrons. The van der Waals surface area contributed by atoms with Crippen molar-refractivity contribution >= 4 is 18.0 Å². The van der Waals surface area contributed by atoms with Crippen molar-refractivity contribution < 1.29 is 24.2 Å². The van der Waals surface area contributed by atoms with E-state index in [2.05, 4.69) is 29.6 Å². The van der Waals surface area contributed by atoms with Gasteiger partial charge in [0.25, 0.3) is 0 Å². The number of carbonyl (C=O) groups is 3. The molecule has 2 aromatic rings. The minimum Gasteiger partial charge on any atom is -0.481 e. The van der Waals surface area contributed by atoms with Crippen molar-refractivity contribution in [1.29, 1.82) is 0 Å². The highest BCUT2D eigenvalue weighted by Crippen LogP contribution is 2.44. The van der Waals surface area contributed by atoms with Gasteiger partial charge in [-0.15, -0.1) is 0 Å². The zero-order valence-corrected chi connectivity index (χ0v) is 18.8. The van der Waals surface area contributed by atoms with E-state index in [0.29, 0.717) is 13.0 Å². The SMILES string of the molecule is CC(CCC(=O)N1CCC[C@@H]1CC(=O)O)NC(=O)OCC1c2ccccc2-c2ccccc21. The first kappa shape index (κ1) is 22.8. The lowest BCUT2D eigenvalue weighted by molar-refractivity contribution is -0.140.